The van der Waals surface area contributed by atoms with Gasteiger partial charge in [-0.2, -0.15) is 0 Å². The Hall–Kier alpha value is -2.80. The molecule has 0 atom stereocenters. The highest BCUT2D eigenvalue weighted by Crippen LogP contribution is 2.10. The van der Waals surface area contributed by atoms with E-state index in [0.29, 0.717) is 17.7 Å². The second-order valence-corrected chi connectivity index (χ2v) is 5.19. The summed E-state index contributed by atoms with van der Waals surface area (Å²) in [5, 5.41) is 5.43. The van der Waals surface area contributed by atoms with E-state index in [1.54, 1.807) is 24.3 Å². The molecule has 2 aromatic rings. The molecule has 0 spiro atoms. The Kier molecular flexibility index (Phi) is 5.97. The molecule has 24 heavy (non-hydrogen) atoms. The van der Waals surface area contributed by atoms with E-state index in [1.165, 1.54) is 12.1 Å². The van der Waals surface area contributed by atoms with Gasteiger partial charge in [0.2, 0.25) is 5.91 Å². The number of hydrogen-bond acceptors (Lipinski definition) is 3. The molecular weight excluding hydrogens is 316 g/mol. The lowest BCUT2D eigenvalue weighted by Crippen LogP contribution is -2.33. The van der Waals surface area contributed by atoms with E-state index >= 15 is 0 Å². The summed E-state index contributed by atoms with van der Waals surface area (Å²) in [5.74, 6) is -2.20. The SMILES string of the molecule is NC(=O)CNC(=O)c1ccc(CNCc2ccc(F)cc2F)cc1. The third-order valence-electron chi connectivity index (χ3n) is 3.30. The van der Waals surface area contributed by atoms with Crippen molar-refractivity contribution < 1.29 is 18.4 Å². The van der Waals surface area contributed by atoms with Gasteiger partial charge in [0.1, 0.15) is 11.6 Å². The molecule has 0 saturated heterocycles. The Morgan fingerprint density at radius 3 is 2.33 bits per heavy atom. The Morgan fingerprint density at radius 2 is 1.71 bits per heavy atom. The maximum Gasteiger partial charge on any atom is 0.251 e. The van der Waals surface area contributed by atoms with E-state index in [-0.39, 0.29) is 19.0 Å². The molecule has 2 amide bonds. The van der Waals surface area contributed by atoms with Gasteiger partial charge < -0.3 is 16.4 Å². The van der Waals surface area contributed by atoms with Crippen LogP contribution in [0, 0.1) is 11.6 Å². The minimum absolute atomic E-state index is 0.217. The maximum atomic E-state index is 13.5. The Bertz CT molecular complexity index is 733. The van der Waals surface area contributed by atoms with Crippen molar-refractivity contribution >= 4 is 11.8 Å². The predicted molar refractivity (Wildman–Crippen MR) is 84.9 cm³/mol. The molecule has 2 aromatic carbocycles. The van der Waals surface area contributed by atoms with Crippen LogP contribution in [-0.2, 0) is 17.9 Å². The van der Waals surface area contributed by atoms with Crippen LogP contribution in [0.25, 0.3) is 0 Å². The topological polar surface area (TPSA) is 84.2 Å². The van der Waals surface area contributed by atoms with Gasteiger partial charge in [0.05, 0.1) is 6.54 Å². The van der Waals surface area contributed by atoms with Crippen LogP contribution in [-0.4, -0.2) is 18.4 Å². The van der Waals surface area contributed by atoms with Gasteiger partial charge in [-0.15, -0.1) is 0 Å². The van der Waals surface area contributed by atoms with Crippen molar-refractivity contribution in [3.05, 3.63) is 70.8 Å². The fourth-order valence-electron chi connectivity index (χ4n) is 2.05. The summed E-state index contributed by atoms with van der Waals surface area (Å²) in [6, 6.07) is 10.2. The largest absolute Gasteiger partial charge is 0.368 e. The summed E-state index contributed by atoms with van der Waals surface area (Å²) >= 11 is 0. The van der Waals surface area contributed by atoms with Crippen LogP contribution in [0.15, 0.2) is 42.5 Å². The van der Waals surface area contributed by atoms with E-state index in [1.807, 2.05) is 0 Å². The average Bonchev–Trinajstić information content (AvgIpc) is 2.55. The lowest BCUT2D eigenvalue weighted by molar-refractivity contribution is -0.117. The minimum Gasteiger partial charge on any atom is -0.368 e. The number of rotatable bonds is 7. The first-order valence-electron chi connectivity index (χ1n) is 7.26. The van der Waals surface area contributed by atoms with Gasteiger partial charge >= 0.3 is 0 Å². The Balaban J connectivity index is 1.85. The fraction of sp³-hybridized carbons (Fsp3) is 0.176. The van der Waals surface area contributed by atoms with E-state index in [0.717, 1.165) is 11.6 Å². The van der Waals surface area contributed by atoms with Gasteiger partial charge in [-0.1, -0.05) is 18.2 Å². The zero-order valence-electron chi connectivity index (χ0n) is 12.8. The standard InChI is InChI=1S/C17H17F2N3O2/c18-14-6-5-13(15(19)7-14)9-21-8-11-1-3-12(4-2-11)17(24)22-10-16(20)23/h1-7,21H,8-10H2,(H2,20,23)(H,22,24). The lowest BCUT2D eigenvalue weighted by atomic mass is 10.1. The van der Waals surface area contributed by atoms with Crippen molar-refractivity contribution in [1.29, 1.82) is 0 Å². The number of carbonyl (C=O) groups excluding carboxylic acids is 2. The molecule has 5 nitrogen and oxygen atoms in total. The summed E-state index contributed by atoms with van der Waals surface area (Å²) in [5.41, 5.74) is 6.63. The number of halogens is 2. The van der Waals surface area contributed by atoms with Gasteiger partial charge in [-0.3, -0.25) is 9.59 Å². The summed E-state index contributed by atoms with van der Waals surface area (Å²) < 4.78 is 26.3. The van der Waals surface area contributed by atoms with Crippen molar-refractivity contribution in [3.63, 3.8) is 0 Å². The highest BCUT2D eigenvalue weighted by Gasteiger charge is 2.07. The molecule has 0 aliphatic heterocycles. The van der Waals surface area contributed by atoms with E-state index in [9.17, 15) is 18.4 Å². The zero-order chi connectivity index (χ0) is 17.5. The van der Waals surface area contributed by atoms with Gasteiger partial charge in [0.25, 0.3) is 5.91 Å². The van der Waals surface area contributed by atoms with Crippen LogP contribution in [0.3, 0.4) is 0 Å². The monoisotopic (exact) mass is 333 g/mol. The number of hydrogen-bond donors (Lipinski definition) is 3. The third-order valence-corrected chi connectivity index (χ3v) is 3.30. The molecule has 0 heterocycles. The normalized spacial score (nSPS) is 10.4. The van der Waals surface area contributed by atoms with Crippen molar-refractivity contribution in [2.24, 2.45) is 5.73 Å². The Morgan fingerprint density at radius 1 is 1.00 bits per heavy atom. The van der Waals surface area contributed by atoms with Crippen LogP contribution in [0.4, 0.5) is 8.78 Å². The van der Waals surface area contributed by atoms with Crippen molar-refractivity contribution in [1.82, 2.24) is 10.6 Å². The molecule has 0 bridgehead atoms. The second-order valence-electron chi connectivity index (χ2n) is 5.19. The van der Waals surface area contributed by atoms with Gasteiger partial charge in [0.15, 0.2) is 0 Å². The molecule has 0 aliphatic rings. The quantitative estimate of drug-likeness (QED) is 0.717. The van der Waals surface area contributed by atoms with Crippen LogP contribution < -0.4 is 16.4 Å². The number of primary amides is 1. The molecular formula is C17H17F2N3O2. The molecule has 0 aromatic heterocycles. The summed E-state index contributed by atoms with van der Waals surface area (Å²) in [6.07, 6.45) is 0. The van der Waals surface area contributed by atoms with Crippen LogP contribution in [0.5, 0.6) is 0 Å². The molecule has 2 rings (SSSR count). The molecule has 0 unspecified atom stereocenters. The summed E-state index contributed by atoms with van der Waals surface area (Å²) in [7, 11) is 0. The number of nitrogens with two attached hydrogens (primary N) is 1. The Labute approximate surface area is 137 Å². The highest BCUT2D eigenvalue weighted by molar-refractivity contribution is 5.96. The highest BCUT2D eigenvalue weighted by atomic mass is 19.1. The second kappa shape index (κ2) is 8.16. The van der Waals surface area contributed by atoms with Crippen LogP contribution in [0.2, 0.25) is 0 Å². The van der Waals surface area contributed by atoms with E-state index in [4.69, 9.17) is 5.73 Å². The number of carbonyl (C=O) groups is 2. The molecule has 126 valence electrons. The maximum absolute atomic E-state index is 13.5. The average molecular weight is 333 g/mol. The van der Waals surface area contributed by atoms with Crippen LogP contribution >= 0.6 is 0 Å². The molecule has 7 heteroatoms. The van der Waals surface area contributed by atoms with E-state index < -0.39 is 17.5 Å². The van der Waals surface area contributed by atoms with Gasteiger partial charge in [-0.25, -0.2) is 8.78 Å². The zero-order valence-corrected chi connectivity index (χ0v) is 12.8. The van der Waals surface area contributed by atoms with Gasteiger partial charge in [0, 0.05) is 30.3 Å². The lowest BCUT2D eigenvalue weighted by Gasteiger charge is -2.07. The van der Waals surface area contributed by atoms with Gasteiger partial charge in [-0.05, 0) is 23.8 Å². The van der Waals surface area contributed by atoms with Crippen molar-refractivity contribution in [2.75, 3.05) is 6.54 Å². The molecule has 0 radical (unpaired) electrons. The van der Waals surface area contributed by atoms with Crippen molar-refractivity contribution in [3.8, 4) is 0 Å². The first-order valence-corrected chi connectivity index (χ1v) is 7.26. The fourth-order valence-corrected chi connectivity index (χ4v) is 2.05. The smallest absolute Gasteiger partial charge is 0.251 e. The number of benzene rings is 2. The minimum atomic E-state index is -0.614. The summed E-state index contributed by atoms with van der Waals surface area (Å²) in [4.78, 5) is 22.3. The van der Waals surface area contributed by atoms with Crippen molar-refractivity contribution in [2.45, 2.75) is 13.1 Å². The first kappa shape index (κ1) is 17.6. The summed E-state index contributed by atoms with van der Waals surface area (Å²) in [6.45, 7) is 0.498. The van der Waals surface area contributed by atoms with Crippen LogP contribution in [0.1, 0.15) is 21.5 Å². The number of amides is 2. The number of nitrogens with one attached hydrogen (secondary N) is 2. The van der Waals surface area contributed by atoms with E-state index in [2.05, 4.69) is 10.6 Å². The molecule has 0 saturated carbocycles. The third kappa shape index (κ3) is 5.13. The molecule has 4 N–H and O–H groups in total. The first-order chi connectivity index (χ1) is 11.5. The predicted octanol–water partition coefficient (Wildman–Crippen LogP) is 1.47. The molecule has 0 aliphatic carbocycles. The molecule has 0 fully saturated rings.